The molecule has 0 saturated carbocycles. The Morgan fingerprint density at radius 2 is 1.48 bits per heavy atom. The summed E-state index contributed by atoms with van der Waals surface area (Å²) in [6.45, 7) is 10.9. The molecule has 61 heavy (non-hydrogen) atoms. The summed E-state index contributed by atoms with van der Waals surface area (Å²) in [7, 11) is -3.36. The fourth-order valence-electron chi connectivity index (χ4n) is 8.04. The van der Waals surface area contributed by atoms with Gasteiger partial charge in [0.2, 0.25) is 0 Å². The number of urea groups is 1. The molecular weight excluding hydrogens is 901 g/mol. The average molecular weight is 946 g/mol. The number of hydrogen-bond donors (Lipinski definition) is 5. The number of esters is 1. The minimum absolute atomic E-state index is 0. The molecule has 1 aromatic carbocycles. The Morgan fingerprint density at radius 1 is 0.852 bits per heavy atom. The number of aliphatic carboxylic acids is 1. The van der Waals surface area contributed by atoms with Crippen LogP contribution in [-0.2, 0) is 51.3 Å². The molecule has 8 bridgehead atoms. The number of nitrogens with one attached hydrogen (secondary N) is 3. The summed E-state index contributed by atoms with van der Waals surface area (Å²) in [6.07, 6.45) is 0.134. The monoisotopic (exact) mass is 945 g/mol. The van der Waals surface area contributed by atoms with Crippen LogP contribution >= 0.6 is 0 Å². The molecule has 5 N–H and O–H groups in total. The number of ketones is 1. The first-order valence-corrected chi connectivity index (χ1v) is 20.7. The first-order valence-electron chi connectivity index (χ1n) is 19.2. The van der Waals surface area contributed by atoms with E-state index in [0.717, 1.165) is 12.1 Å². The Kier molecular flexibility index (Phi) is 14.0. The van der Waals surface area contributed by atoms with Crippen molar-refractivity contribution >= 4 is 67.5 Å². The number of carbonyl (C=O) groups excluding carboxylic acids is 4. The van der Waals surface area contributed by atoms with Gasteiger partial charge in [-0.2, -0.15) is 8.42 Å². The van der Waals surface area contributed by atoms with Crippen molar-refractivity contribution in [2.24, 2.45) is 0 Å². The van der Waals surface area contributed by atoms with Crippen molar-refractivity contribution in [2.45, 2.75) is 95.8 Å². The number of amides is 3. The number of aryl methyl sites for hydroxylation is 2. The third-order valence-electron chi connectivity index (χ3n) is 11.2. The number of carboxylic acids is 1. The summed E-state index contributed by atoms with van der Waals surface area (Å²) in [4.78, 5) is 85.0. The van der Waals surface area contributed by atoms with E-state index in [1.165, 1.54) is 26.2 Å². The Bertz CT molecular complexity index is 2730. The summed E-state index contributed by atoms with van der Waals surface area (Å²) in [6, 6.07) is 9.21. The Hall–Kier alpha value is -5.74. The van der Waals surface area contributed by atoms with Crippen molar-refractivity contribution < 1.29 is 67.2 Å². The van der Waals surface area contributed by atoms with E-state index in [0.29, 0.717) is 62.4 Å². The predicted molar refractivity (Wildman–Crippen MR) is 219 cm³/mol. The van der Waals surface area contributed by atoms with Crippen molar-refractivity contribution in [3.63, 3.8) is 0 Å². The van der Waals surface area contributed by atoms with Gasteiger partial charge in [0.25, 0.3) is 16.0 Å². The van der Waals surface area contributed by atoms with Crippen molar-refractivity contribution in [3.05, 3.63) is 93.1 Å². The zero-order valence-corrected chi connectivity index (χ0v) is 36.7. The van der Waals surface area contributed by atoms with Gasteiger partial charge in [-0.25, -0.2) is 10.2 Å². The number of Topliss-reactive ketones (excluding diaryl/α,β-unsaturated/α-hetero) is 1. The summed E-state index contributed by atoms with van der Waals surface area (Å²) in [5.74, 6) is -3.93. The van der Waals surface area contributed by atoms with Gasteiger partial charge in [0, 0.05) is 69.7 Å². The van der Waals surface area contributed by atoms with E-state index >= 15 is 0 Å². The second kappa shape index (κ2) is 18.5. The maximum Gasteiger partial charge on any atom is 2.00 e. The predicted octanol–water partition coefficient (Wildman–Crippen LogP) is 5.87. The van der Waals surface area contributed by atoms with Crippen molar-refractivity contribution in [1.82, 2.24) is 30.8 Å². The van der Waals surface area contributed by atoms with Crippen molar-refractivity contribution in [2.75, 3.05) is 12.4 Å². The summed E-state index contributed by atoms with van der Waals surface area (Å²) in [5, 5.41) is 12.2. The fraction of sp³-hybridized carbons (Fsp3) is 0.357. The van der Waals surface area contributed by atoms with Gasteiger partial charge in [0.15, 0.2) is 5.78 Å². The molecule has 6 rings (SSSR count). The average Bonchev–Trinajstić information content (AvgIpc) is 3.87. The van der Waals surface area contributed by atoms with Crippen LogP contribution in [0.25, 0.3) is 22.1 Å². The molecule has 3 aromatic heterocycles. The largest absolute Gasteiger partial charge is 2.00 e. The molecule has 0 aliphatic carbocycles. The van der Waals surface area contributed by atoms with Gasteiger partial charge in [0.05, 0.1) is 18.4 Å². The number of anilines is 1. The quantitative estimate of drug-likeness (QED) is 0.0410. The molecule has 4 aromatic rings. The number of nitrogens with zero attached hydrogens (tertiary/aromatic N) is 4. The van der Waals surface area contributed by atoms with Crippen LogP contribution in [0.1, 0.15) is 131 Å². The zero-order valence-electron chi connectivity index (χ0n) is 34.4. The van der Waals surface area contributed by atoms with Gasteiger partial charge in [-0.05, 0) is 57.4 Å². The zero-order chi connectivity index (χ0) is 43.8. The van der Waals surface area contributed by atoms with Crippen LogP contribution in [0, 0.1) is 13.8 Å². The van der Waals surface area contributed by atoms with Crippen molar-refractivity contribution in [1.29, 1.82) is 0 Å². The molecule has 17 nitrogen and oxygen atoms in total. The van der Waals surface area contributed by atoms with Gasteiger partial charge in [-0.1, -0.05) is 56.2 Å². The maximum atomic E-state index is 14.3. The van der Waals surface area contributed by atoms with Crippen LogP contribution in [0.2, 0.25) is 0 Å². The smallest absolute Gasteiger partial charge is 0.657 e. The van der Waals surface area contributed by atoms with E-state index in [1.54, 1.807) is 26.0 Å². The molecule has 3 amide bonds. The topological polar surface area (TPSA) is 259 Å². The fourth-order valence-corrected chi connectivity index (χ4v) is 8.56. The summed E-state index contributed by atoms with van der Waals surface area (Å²) >= 11 is 0. The summed E-state index contributed by atoms with van der Waals surface area (Å²) in [5.41, 5.74) is 9.73. The number of fused-ring (bicyclic) bond motifs is 8. The van der Waals surface area contributed by atoms with Gasteiger partial charge < -0.3 is 25.1 Å². The first kappa shape index (κ1) is 46.3. The number of ether oxygens (including phenoxy) is 1. The second-order valence-electron chi connectivity index (χ2n) is 15.0. The van der Waals surface area contributed by atoms with Crippen LogP contribution in [-0.4, -0.2) is 64.8 Å². The molecule has 324 valence electrons. The van der Waals surface area contributed by atoms with E-state index in [-0.39, 0.29) is 73.2 Å². The molecule has 2 aliphatic rings. The number of hydrogen-bond acceptors (Lipinski definition) is 10. The Labute approximate surface area is 365 Å². The van der Waals surface area contributed by atoms with Gasteiger partial charge in [0.1, 0.15) is 0 Å². The molecule has 4 atom stereocenters. The van der Waals surface area contributed by atoms with Crippen LogP contribution in [0.15, 0.2) is 47.4 Å². The number of rotatable bonds is 10. The number of carbonyl (C=O) groups is 5. The molecule has 19 heteroatoms. The third kappa shape index (κ3) is 9.60. The standard InChI is InChI=1S/C42H47N7O10S.Pd/c1-8-26-19(2)29-18-34-37(23(6)50)21(4)31(45-34)16-30-20(3)27(12-13-35(51)52)39(46-30)28(15-36(53)59-7)40-38(22(5)32(47-40)17-33(26)44-29)41(54)48-49-42(55)43-24-10-9-11-25(14-24)60(56,57)58;/h9-11,14,16-20,26-27H,8,12-13,15H2,1-7H3,(H7,43,44,45,46,47,48,49,50,51,52,54,55,56,57,58);/q;+2/p-2/t19-,20+,26-,27+;/m1./s1. The molecular formula is C42H45N7O10PdS. The molecule has 0 radical (unpaired) electrons. The number of methoxy groups -OCH3 is 1. The van der Waals surface area contributed by atoms with Crippen LogP contribution in [0.3, 0.4) is 0 Å². The number of benzene rings is 1. The molecule has 2 aliphatic heterocycles. The van der Waals surface area contributed by atoms with Crippen LogP contribution in [0.5, 0.6) is 0 Å². The molecule has 0 spiro atoms. The SMILES string of the molecule is CC[C@H]1c2cc3[n-]c(c(CC(=O)OC)c4nc(cc5[n-]c(cc(n2)[C@@H]1C)c(C(C)=O)c5C)[C@@H](C)[C@@H]4CCC(=O)O)c(C(=O)NNC(=O)Nc1cccc(S(=O)(=O)O)c1)c3C.[Pd+2]. The van der Waals surface area contributed by atoms with E-state index in [4.69, 9.17) is 24.7 Å². The molecule has 0 fully saturated rings. The Morgan fingerprint density at radius 3 is 2.11 bits per heavy atom. The minimum Gasteiger partial charge on any atom is -0.657 e. The van der Waals surface area contributed by atoms with E-state index < -0.39 is 57.1 Å². The van der Waals surface area contributed by atoms with Gasteiger partial charge in [-0.3, -0.25) is 39.1 Å². The van der Waals surface area contributed by atoms with E-state index in [2.05, 4.69) is 16.2 Å². The first-order chi connectivity index (χ1) is 28.3. The molecule has 0 unspecified atom stereocenters. The Balaban J connectivity index is 0.00000704. The van der Waals surface area contributed by atoms with E-state index in [1.807, 2.05) is 26.8 Å². The third-order valence-corrected chi connectivity index (χ3v) is 12.1. The van der Waals surface area contributed by atoms with Crippen molar-refractivity contribution in [3.8, 4) is 0 Å². The normalized spacial score (nSPS) is 17.2. The number of hydrazine groups is 1. The van der Waals surface area contributed by atoms with Gasteiger partial charge >= 0.3 is 38.4 Å². The minimum atomic E-state index is -4.57. The molecule has 5 heterocycles. The number of carboxylic acid groups (broad SMARTS) is 1. The van der Waals surface area contributed by atoms with Crippen LogP contribution < -0.4 is 26.1 Å². The summed E-state index contributed by atoms with van der Waals surface area (Å²) < 4.78 is 37.8. The second-order valence-corrected chi connectivity index (χ2v) is 16.4. The maximum absolute atomic E-state index is 14.3. The van der Waals surface area contributed by atoms with E-state index in [9.17, 15) is 42.0 Å². The van der Waals surface area contributed by atoms with Gasteiger partial charge in [-0.15, -0.1) is 22.1 Å². The number of aromatic nitrogens is 4. The van der Waals surface area contributed by atoms with Crippen LogP contribution in [0.4, 0.5) is 10.5 Å². The molecule has 0 saturated heterocycles.